The van der Waals surface area contributed by atoms with Crippen LogP contribution in [0.25, 0.3) is 0 Å². The van der Waals surface area contributed by atoms with Crippen molar-refractivity contribution in [2.75, 3.05) is 31.2 Å². The van der Waals surface area contributed by atoms with Crippen LogP contribution in [0, 0.1) is 10.6 Å². The molecular weight excluding hydrogens is 358 g/mol. The predicted molar refractivity (Wildman–Crippen MR) is 103 cm³/mol. The van der Waals surface area contributed by atoms with Crippen molar-refractivity contribution in [3.63, 3.8) is 0 Å². The van der Waals surface area contributed by atoms with E-state index in [2.05, 4.69) is 29.0 Å². The highest BCUT2D eigenvalue weighted by molar-refractivity contribution is 5.94. The van der Waals surface area contributed by atoms with Gasteiger partial charge in [-0.25, -0.2) is 9.97 Å². The first-order chi connectivity index (χ1) is 13.4. The van der Waals surface area contributed by atoms with E-state index in [9.17, 15) is 10.0 Å². The quantitative estimate of drug-likeness (QED) is 0.636. The number of nitrogens with one attached hydrogen (secondary N) is 1. The lowest BCUT2D eigenvalue weighted by molar-refractivity contribution is -0.605. The van der Waals surface area contributed by atoms with Crippen molar-refractivity contribution in [2.45, 2.75) is 32.7 Å². The second-order valence-electron chi connectivity index (χ2n) is 8.19. The molecule has 2 aromatic rings. The summed E-state index contributed by atoms with van der Waals surface area (Å²) in [6.45, 7) is 7.32. The van der Waals surface area contributed by atoms with Gasteiger partial charge in [-0.2, -0.15) is 4.73 Å². The van der Waals surface area contributed by atoms with Crippen LogP contribution < -0.4 is 14.9 Å². The molecule has 1 N–H and O–H groups in total. The Morgan fingerprint density at radius 1 is 1.32 bits per heavy atom. The fourth-order valence-corrected chi connectivity index (χ4v) is 3.89. The standard InChI is InChI=1S/C20H25N5O3/c1-20(2)11-16(22-18(26)14-3-5-25(27)6-4-14)15-13-21-19(23-17(15)12-20)24-7-9-28-10-8-24/h3-6,13,16H,7-12H2,1-2H3,(H,22,26). The fourth-order valence-electron chi connectivity index (χ4n) is 3.89. The maximum absolute atomic E-state index is 12.7. The van der Waals surface area contributed by atoms with E-state index >= 15 is 0 Å². The minimum atomic E-state index is -0.202. The number of anilines is 1. The molecule has 0 spiro atoms. The zero-order chi connectivity index (χ0) is 19.7. The Hall–Kier alpha value is -2.74. The van der Waals surface area contributed by atoms with Gasteiger partial charge in [-0.05, 0) is 18.3 Å². The Morgan fingerprint density at radius 2 is 2.04 bits per heavy atom. The van der Waals surface area contributed by atoms with Gasteiger partial charge in [0.05, 0.1) is 30.5 Å². The van der Waals surface area contributed by atoms with Gasteiger partial charge < -0.3 is 20.2 Å². The van der Waals surface area contributed by atoms with Crippen LogP contribution in [0.3, 0.4) is 0 Å². The monoisotopic (exact) mass is 383 g/mol. The summed E-state index contributed by atoms with van der Waals surface area (Å²) in [5, 5.41) is 14.3. The number of fused-ring (bicyclic) bond motifs is 1. The highest BCUT2D eigenvalue weighted by atomic mass is 16.5. The van der Waals surface area contributed by atoms with Crippen LogP contribution >= 0.6 is 0 Å². The van der Waals surface area contributed by atoms with E-state index in [0.29, 0.717) is 23.5 Å². The number of ether oxygens (including phenoxy) is 1. The van der Waals surface area contributed by atoms with Crippen molar-refractivity contribution >= 4 is 11.9 Å². The lowest BCUT2D eigenvalue weighted by Crippen LogP contribution is -2.40. The molecule has 8 heteroatoms. The zero-order valence-corrected chi connectivity index (χ0v) is 16.2. The molecule has 1 amide bonds. The molecule has 8 nitrogen and oxygen atoms in total. The Bertz CT molecular complexity index is 863. The maximum atomic E-state index is 12.7. The van der Waals surface area contributed by atoms with Gasteiger partial charge in [0.1, 0.15) is 0 Å². The van der Waals surface area contributed by atoms with Gasteiger partial charge in [0.2, 0.25) is 5.95 Å². The number of pyridine rings is 1. The molecule has 2 aliphatic rings. The molecule has 1 aliphatic carbocycles. The highest BCUT2D eigenvalue weighted by Gasteiger charge is 2.35. The van der Waals surface area contributed by atoms with E-state index in [1.165, 1.54) is 24.5 Å². The van der Waals surface area contributed by atoms with E-state index in [1.54, 1.807) is 0 Å². The summed E-state index contributed by atoms with van der Waals surface area (Å²) in [6.07, 6.45) is 6.15. The van der Waals surface area contributed by atoms with Crippen molar-refractivity contribution in [1.29, 1.82) is 0 Å². The Balaban J connectivity index is 1.59. The minimum Gasteiger partial charge on any atom is -0.619 e. The number of aromatic nitrogens is 3. The number of amides is 1. The van der Waals surface area contributed by atoms with Crippen LogP contribution in [0.1, 0.15) is 47.9 Å². The number of rotatable bonds is 3. The second-order valence-corrected chi connectivity index (χ2v) is 8.19. The van der Waals surface area contributed by atoms with Crippen LogP contribution in [-0.2, 0) is 11.2 Å². The molecule has 1 aliphatic heterocycles. The molecule has 28 heavy (non-hydrogen) atoms. The Morgan fingerprint density at radius 3 is 2.75 bits per heavy atom. The topological polar surface area (TPSA) is 94.3 Å². The van der Waals surface area contributed by atoms with Crippen molar-refractivity contribution in [3.05, 3.63) is 52.8 Å². The van der Waals surface area contributed by atoms with Crippen LogP contribution in [0.2, 0.25) is 0 Å². The molecule has 0 saturated carbocycles. The van der Waals surface area contributed by atoms with Gasteiger partial charge in [0.15, 0.2) is 12.4 Å². The Kier molecular flexibility index (Phi) is 4.89. The third-order valence-electron chi connectivity index (χ3n) is 5.33. The largest absolute Gasteiger partial charge is 0.619 e. The van der Waals surface area contributed by atoms with Crippen LogP contribution in [0.4, 0.5) is 5.95 Å². The highest BCUT2D eigenvalue weighted by Crippen LogP contribution is 2.40. The number of nitrogens with zero attached hydrogens (tertiary/aromatic N) is 4. The second kappa shape index (κ2) is 7.35. The molecule has 2 aromatic heterocycles. The normalized spacial score (nSPS) is 21.1. The molecule has 3 heterocycles. The summed E-state index contributed by atoms with van der Waals surface area (Å²) in [7, 11) is 0. The van der Waals surface area contributed by atoms with Crippen LogP contribution in [-0.4, -0.2) is 42.2 Å². The fraction of sp³-hybridized carbons (Fsp3) is 0.500. The van der Waals surface area contributed by atoms with Crippen LogP contribution in [0.15, 0.2) is 30.7 Å². The van der Waals surface area contributed by atoms with E-state index in [0.717, 1.165) is 43.1 Å². The lowest BCUT2D eigenvalue weighted by Gasteiger charge is -2.37. The zero-order valence-electron chi connectivity index (χ0n) is 16.2. The summed E-state index contributed by atoms with van der Waals surface area (Å²) in [5.74, 6) is 0.527. The SMILES string of the molecule is CC1(C)Cc2nc(N3CCOCC3)ncc2C(NC(=O)c2cc[n+]([O-])cc2)C1. The molecule has 4 rings (SSSR count). The number of hydrogen-bond acceptors (Lipinski definition) is 6. The third kappa shape index (κ3) is 3.91. The molecule has 1 unspecified atom stereocenters. The van der Waals surface area contributed by atoms with E-state index in [1.807, 2.05) is 6.20 Å². The molecule has 1 fully saturated rings. The minimum absolute atomic E-state index is 0.0102. The van der Waals surface area contributed by atoms with Gasteiger partial charge in [0.25, 0.3) is 5.91 Å². The molecule has 1 saturated heterocycles. The molecule has 0 aromatic carbocycles. The van der Waals surface area contributed by atoms with Gasteiger partial charge in [-0.15, -0.1) is 0 Å². The third-order valence-corrected chi connectivity index (χ3v) is 5.33. The van der Waals surface area contributed by atoms with E-state index < -0.39 is 0 Å². The van der Waals surface area contributed by atoms with Crippen molar-refractivity contribution < 1.29 is 14.3 Å². The van der Waals surface area contributed by atoms with Gasteiger partial charge >= 0.3 is 0 Å². The molecule has 148 valence electrons. The average molecular weight is 383 g/mol. The molecular formula is C20H25N5O3. The van der Waals surface area contributed by atoms with Gasteiger partial charge in [-0.1, -0.05) is 13.8 Å². The average Bonchev–Trinajstić information content (AvgIpc) is 2.68. The van der Waals surface area contributed by atoms with E-state index in [-0.39, 0.29) is 17.4 Å². The summed E-state index contributed by atoms with van der Waals surface area (Å²) in [4.78, 5) is 24.2. The van der Waals surface area contributed by atoms with E-state index in [4.69, 9.17) is 9.72 Å². The first-order valence-electron chi connectivity index (χ1n) is 9.59. The summed E-state index contributed by atoms with van der Waals surface area (Å²) >= 11 is 0. The van der Waals surface area contributed by atoms with Crippen molar-refractivity contribution in [1.82, 2.24) is 15.3 Å². The number of carbonyl (C=O) groups excluding carboxylic acids is 1. The number of hydrogen-bond donors (Lipinski definition) is 1. The first kappa shape index (κ1) is 18.6. The summed E-state index contributed by atoms with van der Waals surface area (Å²) in [5.41, 5.74) is 2.43. The molecule has 0 radical (unpaired) electrons. The van der Waals surface area contributed by atoms with Crippen molar-refractivity contribution in [3.8, 4) is 0 Å². The first-order valence-corrected chi connectivity index (χ1v) is 9.59. The Labute approximate surface area is 164 Å². The maximum Gasteiger partial charge on any atom is 0.252 e. The van der Waals surface area contributed by atoms with Crippen molar-refractivity contribution in [2.24, 2.45) is 5.41 Å². The summed E-state index contributed by atoms with van der Waals surface area (Å²) in [6, 6.07) is 2.88. The lowest BCUT2D eigenvalue weighted by atomic mass is 9.74. The molecule has 0 bridgehead atoms. The smallest absolute Gasteiger partial charge is 0.252 e. The number of morpholine rings is 1. The van der Waals surface area contributed by atoms with Gasteiger partial charge in [0, 0.05) is 37.0 Å². The predicted octanol–water partition coefficient (Wildman–Crippen LogP) is 1.39. The molecule has 1 atom stereocenters. The summed E-state index contributed by atoms with van der Waals surface area (Å²) < 4.78 is 6.07. The van der Waals surface area contributed by atoms with Gasteiger partial charge in [-0.3, -0.25) is 4.79 Å². The number of carbonyl (C=O) groups is 1. The van der Waals surface area contributed by atoms with Crippen LogP contribution in [0.5, 0.6) is 0 Å².